The van der Waals surface area contributed by atoms with Crippen molar-refractivity contribution in [2.45, 2.75) is 39.0 Å². The Morgan fingerprint density at radius 2 is 1.77 bits per heavy atom. The van der Waals surface area contributed by atoms with Crippen LogP contribution in [0.3, 0.4) is 0 Å². The maximum atomic E-state index is 13.2. The summed E-state index contributed by atoms with van der Waals surface area (Å²) in [5.74, 6) is -0.591. The number of alkyl halides is 1. The molecule has 0 saturated carbocycles. The molecule has 1 unspecified atom stereocenters. The number of carbonyl (C=O) groups excluding carboxylic acids is 2. The number of hydrazine groups is 1. The maximum Gasteiger partial charge on any atom is 0.339 e. The van der Waals surface area contributed by atoms with Crippen molar-refractivity contribution in [3.8, 4) is 0 Å². The van der Waals surface area contributed by atoms with Crippen molar-refractivity contribution >= 4 is 29.2 Å². The standard InChI is InChI=1S/C19H27ClN4O2/c1-4-11-22(12-5-2)19(26)23(6-3)24-13-15(18(21)25)17(20)14-9-7-8-10-16(14)24/h7-10,13,17H,4-6,11-12H2,1-3H3,(H2,21,25). The minimum Gasteiger partial charge on any atom is -0.366 e. The second-order valence-electron chi connectivity index (χ2n) is 6.20. The van der Waals surface area contributed by atoms with Crippen LogP contribution in [-0.4, -0.2) is 41.5 Å². The van der Waals surface area contributed by atoms with Gasteiger partial charge in [-0.25, -0.2) is 9.80 Å². The monoisotopic (exact) mass is 378 g/mol. The first kappa shape index (κ1) is 20.1. The third kappa shape index (κ3) is 3.96. The molecule has 6 nitrogen and oxygen atoms in total. The lowest BCUT2D eigenvalue weighted by Gasteiger charge is -2.40. The van der Waals surface area contributed by atoms with Crippen LogP contribution in [0.2, 0.25) is 0 Å². The number of carbonyl (C=O) groups is 2. The molecule has 2 rings (SSSR count). The summed E-state index contributed by atoms with van der Waals surface area (Å²) in [6.45, 7) is 7.82. The molecule has 1 aliphatic heterocycles. The SMILES string of the molecule is CCCN(CCC)C(=O)N(CC)N1C=C(C(N)=O)C(Cl)c2ccccc21. The average molecular weight is 379 g/mol. The quantitative estimate of drug-likeness (QED) is 0.736. The van der Waals surface area contributed by atoms with E-state index in [1.807, 2.05) is 49.9 Å². The van der Waals surface area contributed by atoms with Crippen LogP contribution in [0, 0.1) is 0 Å². The van der Waals surface area contributed by atoms with Crippen LogP contribution in [0.4, 0.5) is 10.5 Å². The van der Waals surface area contributed by atoms with Crippen molar-refractivity contribution in [2.24, 2.45) is 5.73 Å². The largest absolute Gasteiger partial charge is 0.366 e. The van der Waals surface area contributed by atoms with Crippen LogP contribution in [0.15, 0.2) is 36.0 Å². The zero-order valence-corrected chi connectivity index (χ0v) is 16.4. The van der Waals surface area contributed by atoms with Gasteiger partial charge < -0.3 is 10.6 Å². The Morgan fingerprint density at radius 3 is 2.31 bits per heavy atom. The van der Waals surface area contributed by atoms with Gasteiger partial charge in [0.15, 0.2) is 0 Å². The minimum atomic E-state index is -0.629. The normalized spacial score (nSPS) is 15.9. The molecule has 0 bridgehead atoms. The molecule has 0 aromatic heterocycles. The number of hydrogen-bond acceptors (Lipinski definition) is 3. The van der Waals surface area contributed by atoms with Gasteiger partial charge in [-0.2, -0.15) is 0 Å². The van der Waals surface area contributed by atoms with Crippen LogP contribution >= 0.6 is 11.6 Å². The topological polar surface area (TPSA) is 69.9 Å². The first-order valence-electron chi connectivity index (χ1n) is 9.06. The fourth-order valence-electron chi connectivity index (χ4n) is 3.12. The van der Waals surface area contributed by atoms with Gasteiger partial charge in [0.25, 0.3) is 0 Å². The summed E-state index contributed by atoms with van der Waals surface area (Å²) in [6, 6.07) is 7.38. The summed E-state index contributed by atoms with van der Waals surface area (Å²) >= 11 is 6.45. The van der Waals surface area contributed by atoms with Crippen LogP contribution < -0.4 is 10.7 Å². The highest BCUT2D eigenvalue weighted by atomic mass is 35.5. The van der Waals surface area contributed by atoms with Crippen LogP contribution in [0.25, 0.3) is 0 Å². The molecular formula is C19H27ClN4O2. The first-order chi connectivity index (χ1) is 12.5. The van der Waals surface area contributed by atoms with E-state index in [-0.39, 0.29) is 11.6 Å². The number of fused-ring (bicyclic) bond motifs is 1. The summed E-state index contributed by atoms with van der Waals surface area (Å²) in [5, 5.41) is 2.70. The third-order valence-electron chi connectivity index (χ3n) is 4.31. The summed E-state index contributed by atoms with van der Waals surface area (Å²) in [7, 11) is 0. The Balaban J connectivity index is 2.47. The van der Waals surface area contributed by atoms with Crippen molar-refractivity contribution in [1.82, 2.24) is 9.91 Å². The minimum absolute atomic E-state index is 0.0981. The highest BCUT2D eigenvalue weighted by Crippen LogP contribution is 2.40. The van der Waals surface area contributed by atoms with E-state index in [1.165, 1.54) is 0 Å². The van der Waals surface area contributed by atoms with Gasteiger partial charge in [-0.05, 0) is 25.8 Å². The molecule has 3 amide bonds. The van der Waals surface area contributed by atoms with Crippen LogP contribution in [0.1, 0.15) is 44.6 Å². The second-order valence-corrected chi connectivity index (χ2v) is 6.64. The van der Waals surface area contributed by atoms with Gasteiger partial charge in [-0.1, -0.05) is 32.0 Å². The lowest BCUT2D eigenvalue weighted by molar-refractivity contribution is -0.114. The molecule has 1 aromatic carbocycles. The Kier molecular flexibility index (Phi) is 6.91. The van der Waals surface area contributed by atoms with Gasteiger partial charge in [0.1, 0.15) is 0 Å². The number of para-hydroxylation sites is 1. The van der Waals surface area contributed by atoms with Gasteiger partial charge in [0.05, 0.1) is 16.6 Å². The van der Waals surface area contributed by atoms with E-state index in [1.54, 1.807) is 16.2 Å². The number of amides is 3. The summed E-state index contributed by atoms with van der Waals surface area (Å²) < 4.78 is 0. The van der Waals surface area contributed by atoms with Gasteiger partial charge in [-0.3, -0.25) is 9.80 Å². The number of rotatable bonds is 7. The molecule has 1 heterocycles. The van der Waals surface area contributed by atoms with Crippen molar-refractivity contribution in [3.63, 3.8) is 0 Å². The van der Waals surface area contributed by atoms with E-state index in [2.05, 4.69) is 0 Å². The lowest BCUT2D eigenvalue weighted by atomic mass is 9.99. The number of nitrogens with two attached hydrogens (primary N) is 1. The number of anilines is 1. The molecule has 1 atom stereocenters. The lowest BCUT2D eigenvalue weighted by Crippen LogP contribution is -2.52. The van der Waals surface area contributed by atoms with E-state index in [0.29, 0.717) is 19.6 Å². The second kappa shape index (κ2) is 8.94. The summed E-state index contributed by atoms with van der Waals surface area (Å²) in [5.41, 5.74) is 7.33. The van der Waals surface area contributed by atoms with Gasteiger partial charge in [0, 0.05) is 31.4 Å². The van der Waals surface area contributed by atoms with Gasteiger partial charge in [0.2, 0.25) is 5.91 Å². The van der Waals surface area contributed by atoms with E-state index in [4.69, 9.17) is 17.3 Å². The van der Waals surface area contributed by atoms with Gasteiger partial charge in [-0.15, -0.1) is 11.6 Å². The number of nitrogens with zero attached hydrogens (tertiary/aromatic N) is 3. The van der Waals surface area contributed by atoms with Crippen LogP contribution in [-0.2, 0) is 4.79 Å². The fraction of sp³-hybridized carbons (Fsp3) is 0.474. The number of benzene rings is 1. The number of hydrogen-bond donors (Lipinski definition) is 1. The smallest absolute Gasteiger partial charge is 0.339 e. The molecule has 0 radical (unpaired) electrons. The molecule has 0 saturated heterocycles. The number of halogens is 1. The number of primary amides is 1. The third-order valence-corrected chi connectivity index (χ3v) is 4.78. The molecule has 0 aliphatic carbocycles. The fourth-order valence-corrected chi connectivity index (χ4v) is 3.47. The molecular weight excluding hydrogens is 352 g/mol. The molecule has 0 spiro atoms. The van der Waals surface area contributed by atoms with E-state index in [9.17, 15) is 9.59 Å². The van der Waals surface area contributed by atoms with Crippen molar-refractivity contribution in [3.05, 3.63) is 41.6 Å². The molecule has 1 aromatic rings. The van der Waals surface area contributed by atoms with Crippen molar-refractivity contribution < 1.29 is 9.59 Å². The highest BCUT2D eigenvalue weighted by Gasteiger charge is 2.33. The molecule has 142 valence electrons. The Labute approximate surface area is 160 Å². The van der Waals surface area contributed by atoms with E-state index in [0.717, 1.165) is 24.1 Å². The molecule has 7 heteroatoms. The first-order valence-corrected chi connectivity index (χ1v) is 9.49. The summed E-state index contributed by atoms with van der Waals surface area (Å²) in [4.78, 5) is 26.9. The van der Waals surface area contributed by atoms with Crippen molar-refractivity contribution in [2.75, 3.05) is 24.6 Å². The Morgan fingerprint density at radius 1 is 1.15 bits per heavy atom. The Bertz CT molecular complexity index is 686. The maximum absolute atomic E-state index is 13.2. The predicted molar refractivity (Wildman–Crippen MR) is 105 cm³/mol. The predicted octanol–water partition coefficient (Wildman–Crippen LogP) is 3.63. The highest BCUT2D eigenvalue weighted by molar-refractivity contribution is 6.26. The molecule has 26 heavy (non-hydrogen) atoms. The zero-order valence-electron chi connectivity index (χ0n) is 15.6. The zero-order chi connectivity index (χ0) is 19.3. The summed E-state index contributed by atoms with van der Waals surface area (Å²) in [6.07, 6.45) is 3.35. The molecule has 2 N–H and O–H groups in total. The number of urea groups is 1. The van der Waals surface area contributed by atoms with Crippen molar-refractivity contribution in [1.29, 1.82) is 0 Å². The average Bonchev–Trinajstić information content (AvgIpc) is 2.63. The van der Waals surface area contributed by atoms with Gasteiger partial charge >= 0.3 is 6.03 Å². The Hall–Kier alpha value is -2.21. The molecule has 0 fully saturated rings. The molecule has 1 aliphatic rings. The van der Waals surface area contributed by atoms with E-state index < -0.39 is 11.3 Å². The van der Waals surface area contributed by atoms with E-state index >= 15 is 0 Å². The van der Waals surface area contributed by atoms with Crippen LogP contribution in [0.5, 0.6) is 0 Å².